The number of carbonyl (C=O) groups excluding carboxylic acids is 1. The van der Waals surface area contributed by atoms with Gasteiger partial charge in [0.1, 0.15) is 5.78 Å². The van der Waals surface area contributed by atoms with Gasteiger partial charge in [-0.3, -0.25) is 4.79 Å². The van der Waals surface area contributed by atoms with E-state index in [-0.39, 0.29) is 5.92 Å². The summed E-state index contributed by atoms with van der Waals surface area (Å²) >= 11 is 0. The molecule has 2 unspecified atom stereocenters. The molecule has 0 radical (unpaired) electrons. The van der Waals surface area contributed by atoms with Crippen LogP contribution in [0.4, 0.5) is 0 Å². The Kier molecular flexibility index (Phi) is 2.96. The minimum Gasteiger partial charge on any atom is -0.381 e. The quantitative estimate of drug-likeness (QED) is 0.642. The maximum Gasteiger partial charge on any atom is 0.140 e. The summed E-state index contributed by atoms with van der Waals surface area (Å²) in [5.74, 6) is 1.13. The van der Waals surface area contributed by atoms with Crippen LogP contribution in [0.3, 0.4) is 0 Å². The number of Topliss-reactive ketones (excluding diaryl/α,β-unsaturated/α-hetero) is 1. The van der Waals surface area contributed by atoms with E-state index in [0.717, 1.165) is 26.1 Å². The maximum absolute atomic E-state index is 11.5. The second kappa shape index (κ2) is 4.20. The number of carbonyl (C=O) groups is 1. The van der Waals surface area contributed by atoms with Gasteiger partial charge in [-0.1, -0.05) is 0 Å². The van der Waals surface area contributed by atoms with Gasteiger partial charge in [0, 0.05) is 25.6 Å². The molecule has 2 saturated heterocycles. The Bertz CT molecular complexity index is 185. The van der Waals surface area contributed by atoms with Gasteiger partial charge in [0.2, 0.25) is 0 Å². The lowest BCUT2D eigenvalue weighted by atomic mass is 9.89. The average molecular weight is 184 g/mol. The molecule has 2 fully saturated rings. The zero-order valence-electron chi connectivity index (χ0n) is 7.83. The van der Waals surface area contributed by atoms with Crippen molar-refractivity contribution in [1.29, 1.82) is 0 Å². The number of hydrogen-bond acceptors (Lipinski definition) is 3. The Morgan fingerprint density at radius 1 is 1.23 bits per heavy atom. The molecule has 0 aromatic carbocycles. The average Bonchev–Trinajstić information content (AvgIpc) is 2.61. The summed E-state index contributed by atoms with van der Waals surface area (Å²) in [6.45, 7) is 2.96. The molecule has 0 bridgehead atoms. The van der Waals surface area contributed by atoms with Crippen molar-refractivity contribution in [2.75, 3.05) is 26.4 Å². The van der Waals surface area contributed by atoms with Crippen LogP contribution in [-0.2, 0) is 14.3 Å². The highest BCUT2D eigenvalue weighted by Gasteiger charge is 2.27. The molecule has 0 saturated carbocycles. The van der Waals surface area contributed by atoms with Crippen molar-refractivity contribution < 1.29 is 14.3 Å². The summed E-state index contributed by atoms with van der Waals surface area (Å²) < 4.78 is 10.6. The monoisotopic (exact) mass is 184 g/mol. The Morgan fingerprint density at radius 3 is 2.77 bits per heavy atom. The number of ether oxygens (including phenoxy) is 2. The summed E-state index contributed by atoms with van der Waals surface area (Å²) in [5, 5.41) is 0. The smallest absolute Gasteiger partial charge is 0.140 e. The fourth-order valence-electron chi connectivity index (χ4n) is 2.07. The van der Waals surface area contributed by atoms with E-state index in [0.29, 0.717) is 31.3 Å². The van der Waals surface area contributed by atoms with E-state index in [1.165, 1.54) is 0 Å². The van der Waals surface area contributed by atoms with Crippen LogP contribution in [0.25, 0.3) is 0 Å². The summed E-state index contributed by atoms with van der Waals surface area (Å²) in [6, 6.07) is 0. The predicted molar refractivity (Wildman–Crippen MR) is 47.5 cm³/mol. The lowest BCUT2D eigenvalue weighted by Gasteiger charge is -2.22. The topological polar surface area (TPSA) is 35.5 Å². The first kappa shape index (κ1) is 9.16. The minimum absolute atomic E-state index is 0.153. The molecule has 2 aliphatic heterocycles. The van der Waals surface area contributed by atoms with E-state index in [4.69, 9.17) is 9.47 Å². The molecule has 2 atom stereocenters. The van der Waals surface area contributed by atoms with E-state index in [9.17, 15) is 4.79 Å². The third kappa shape index (κ3) is 2.29. The molecule has 2 heterocycles. The van der Waals surface area contributed by atoms with Gasteiger partial charge >= 0.3 is 0 Å². The van der Waals surface area contributed by atoms with Crippen molar-refractivity contribution in [3.8, 4) is 0 Å². The lowest BCUT2D eigenvalue weighted by Crippen LogP contribution is -2.29. The Labute approximate surface area is 78.4 Å². The standard InChI is InChI=1S/C10H16O3/c11-10-2-4-13-7-9(10)5-8-1-3-12-6-8/h8-9H,1-7H2. The molecule has 74 valence electrons. The van der Waals surface area contributed by atoms with Crippen LogP contribution in [0.1, 0.15) is 19.3 Å². The van der Waals surface area contributed by atoms with E-state index < -0.39 is 0 Å². The minimum atomic E-state index is 0.153. The van der Waals surface area contributed by atoms with Crippen LogP contribution in [0, 0.1) is 11.8 Å². The van der Waals surface area contributed by atoms with Gasteiger partial charge in [0.05, 0.1) is 13.2 Å². The molecular weight excluding hydrogens is 168 g/mol. The third-order valence-electron chi connectivity index (χ3n) is 2.91. The first-order valence-electron chi connectivity index (χ1n) is 5.04. The molecule has 0 N–H and O–H groups in total. The SMILES string of the molecule is O=C1CCOCC1CC1CCOC1. The predicted octanol–water partition coefficient (Wildman–Crippen LogP) is 1.02. The summed E-state index contributed by atoms with van der Waals surface area (Å²) in [4.78, 5) is 11.5. The fraction of sp³-hybridized carbons (Fsp3) is 0.900. The lowest BCUT2D eigenvalue weighted by molar-refractivity contribution is -0.131. The fourth-order valence-corrected chi connectivity index (χ4v) is 2.07. The van der Waals surface area contributed by atoms with Crippen molar-refractivity contribution in [1.82, 2.24) is 0 Å². The molecule has 2 rings (SSSR count). The highest BCUT2D eigenvalue weighted by Crippen LogP contribution is 2.24. The molecule has 0 aromatic rings. The van der Waals surface area contributed by atoms with Crippen molar-refractivity contribution in [3.63, 3.8) is 0 Å². The first-order valence-corrected chi connectivity index (χ1v) is 5.04. The Balaban J connectivity index is 1.81. The van der Waals surface area contributed by atoms with Crippen molar-refractivity contribution >= 4 is 5.78 Å². The molecule has 2 aliphatic rings. The van der Waals surface area contributed by atoms with Gasteiger partial charge in [-0.15, -0.1) is 0 Å². The van der Waals surface area contributed by atoms with Crippen LogP contribution >= 0.6 is 0 Å². The molecule has 3 nitrogen and oxygen atoms in total. The van der Waals surface area contributed by atoms with Gasteiger partial charge in [-0.25, -0.2) is 0 Å². The van der Waals surface area contributed by atoms with Gasteiger partial charge in [-0.05, 0) is 18.8 Å². The maximum atomic E-state index is 11.5. The molecule has 13 heavy (non-hydrogen) atoms. The largest absolute Gasteiger partial charge is 0.381 e. The van der Waals surface area contributed by atoms with Crippen LogP contribution in [0.5, 0.6) is 0 Å². The van der Waals surface area contributed by atoms with Crippen molar-refractivity contribution in [2.24, 2.45) is 11.8 Å². The highest BCUT2D eigenvalue weighted by molar-refractivity contribution is 5.81. The molecule has 0 spiro atoms. The normalized spacial score (nSPS) is 35.2. The van der Waals surface area contributed by atoms with Crippen molar-refractivity contribution in [2.45, 2.75) is 19.3 Å². The molecular formula is C10H16O3. The number of rotatable bonds is 2. The summed E-state index contributed by atoms with van der Waals surface area (Å²) in [7, 11) is 0. The van der Waals surface area contributed by atoms with Crippen molar-refractivity contribution in [3.05, 3.63) is 0 Å². The van der Waals surface area contributed by atoms with Gasteiger partial charge in [0.25, 0.3) is 0 Å². The van der Waals surface area contributed by atoms with E-state index in [2.05, 4.69) is 0 Å². The van der Waals surface area contributed by atoms with Crippen LogP contribution < -0.4 is 0 Å². The second-order valence-electron chi connectivity index (χ2n) is 3.95. The van der Waals surface area contributed by atoms with E-state index in [1.54, 1.807) is 0 Å². The van der Waals surface area contributed by atoms with Crippen LogP contribution in [-0.4, -0.2) is 32.2 Å². The molecule has 0 amide bonds. The zero-order chi connectivity index (χ0) is 9.10. The Hall–Kier alpha value is -0.410. The highest BCUT2D eigenvalue weighted by atomic mass is 16.5. The second-order valence-corrected chi connectivity index (χ2v) is 3.95. The van der Waals surface area contributed by atoms with Gasteiger partial charge in [0.15, 0.2) is 0 Å². The third-order valence-corrected chi connectivity index (χ3v) is 2.91. The zero-order valence-corrected chi connectivity index (χ0v) is 7.83. The molecule has 0 aromatic heterocycles. The number of ketones is 1. The summed E-state index contributed by atoms with van der Waals surface area (Å²) in [6.07, 6.45) is 2.70. The van der Waals surface area contributed by atoms with Crippen LogP contribution in [0.15, 0.2) is 0 Å². The van der Waals surface area contributed by atoms with Crippen LogP contribution in [0.2, 0.25) is 0 Å². The summed E-state index contributed by atoms with van der Waals surface area (Å²) in [5.41, 5.74) is 0. The first-order chi connectivity index (χ1) is 6.36. The number of hydrogen-bond donors (Lipinski definition) is 0. The van der Waals surface area contributed by atoms with E-state index in [1.807, 2.05) is 0 Å². The van der Waals surface area contributed by atoms with E-state index >= 15 is 0 Å². The molecule has 0 aliphatic carbocycles. The van der Waals surface area contributed by atoms with Gasteiger partial charge in [-0.2, -0.15) is 0 Å². The van der Waals surface area contributed by atoms with Gasteiger partial charge < -0.3 is 9.47 Å². The Morgan fingerprint density at radius 2 is 2.08 bits per heavy atom. The molecule has 3 heteroatoms.